The van der Waals surface area contributed by atoms with E-state index in [0.717, 1.165) is 0 Å². The number of rotatable bonds is 1. The van der Waals surface area contributed by atoms with E-state index in [1.54, 1.807) is 0 Å². The Morgan fingerprint density at radius 1 is 2.00 bits per heavy atom. The molecule has 2 unspecified atom stereocenters. The van der Waals surface area contributed by atoms with Crippen LogP contribution in [0.3, 0.4) is 0 Å². The Balaban J connectivity index is -0.000000125. The molecule has 0 saturated carbocycles. The average Bonchev–Trinajstić information content (AvgIpc) is 1.36. The van der Waals surface area contributed by atoms with Crippen molar-refractivity contribution in [3.63, 3.8) is 0 Å². The first-order chi connectivity index (χ1) is 2.64. The van der Waals surface area contributed by atoms with Gasteiger partial charge < -0.3 is 11.7 Å². The van der Waals surface area contributed by atoms with Crippen molar-refractivity contribution < 1.29 is 39.7 Å². The zero-order valence-corrected chi connectivity index (χ0v) is 7.23. The average molecular weight is 133 g/mol. The topological polar surface area (TPSA) is 63.3 Å². The minimum Gasteiger partial charge on any atom is -1.00 e. The van der Waals surface area contributed by atoms with Gasteiger partial charge in [0.2, 0.25) is 0 Å². The predicted molar refractivity (Wildman–Crippen MR) is 25.5 cm³/mol. The summed E-state index contributed by atoms with van der Waals surface area (Å²) in [5.74, 6) is 0. The Hall–Kier alpha value is 1.07. The van der Waals surface area contributed by atoms with E-state index >= 15 is 0 Å². The third-order valence-electron chi connectivity index (χ3n) is 0.318. The molecular formula is C2H8NNaO2S. The van der Waals surface area contributed by atoms with Gasteiger partial charge in [0.25, 0.3) is 0 Å². The summed E-state index contributed by atoms with van der Waals surface area (Å²) in [6.45, 7) is 1.47. The van der Waals surface area contributed by atoms with Crippen LogP contribution in [0.1, 0.15) is 8.35 Å². The van der Waals surface area contributed by atoms with E-state index in [-0.39, 0.29) is 31.0 Å². The van der Waals surface area contributed by atoms with Gasteiger partial charge in [-0.05, 0) is 6.92 Å². The molecule has 0 spiro atoms. The molecule has 3 nitrogen and oxygen atoms in total. The van der Waals surface area contributed by atoms with Gasteiger partial charge in [0, 0.05) is 0 Å². The summed E-state index contributed by atoms with van der Waals surface area (Å²) in [4.78, 5) is 0. The number of hydrogen-bond acceptors (Lipinski definition) is 2. The number of nitrogens with two attached hydrogens (primary N) is 1. The van der Waals surface area contributed by atoms with Crippen LogP contribution in [-0.4, -0.2) is 14.1 Å². The second kappa shape index (κ2) is 5.21. The van der Waals surface area contributed by atoms with E-state index in [9.17, 15) is 4.21 Å². The van der Waals surface area contributed by atoms with Gasteiger partial charge in [-0.25, -0.2) is 4.21 Å². The Morgan fingerprint density at radius 3 is 2.14 bits per heavy atom. The van der Waals surface area contributed by atoms with Crippen molar-refractivity contribution in [2.45, 2.75) is 12.3 Å². The maximum absolute atomic E-state index is 9.69. The largest absolute Gasteiger partial charge is 1.00 e. The molecule has 5 heteroatoms. The van der Waals surface area contributed by atoms with Crippen molar-refractivity contribution in [2.24, 2.45) is 5.73 Å². The molecule has 0 amide bonds. The van der Waals surface area contributed by atoms with Crippen LogP contribution in [0.2, 0.25) is 0 Å². The van der Waals surface area contributed by atoms with Crippen molar-refractivity contribution in [3.8, 4) is 0 Å². The van der Waals surface area contributed by atoms with Crippen LogP contribution in [-0.2, 0) is 11.1 Å². The Morgan fingerprint density at radius 2 is 2.14 bits per heavy atom. The van der Waals surface area contributed by atoms with Gasteiger partial charge in [-0.1, -0.05) is 0 Å². The van der Waals surface area contributed by atoms with E-state index in [2.05, 4.69) is 0 Å². The third kappa shape index (κ3) is 7.07. The van der Waals surface area contributed by atoms with E-state index in [1.807, 2.05) is 0 Å². The molecule has 40 valence electrons. The second-order valence-corrected chi connectivity index (χ2v) is 2.28. The minimum atomic E-state index is -1.84. The van der Waals surface area contributed by atoms with Crippen molar-refractivity contribution >= 4 is 11.1 Å². The Kier molecular flexibility index (Phi) is 8.15. The molecule has 0 aromatic carbocycles. The summed E-state index contributed by atoms with van der Waals surface area (Å²) in [6, 6.07) is 0. The van der Waals surface area contributed by atoms with Crippen molar-refractivity contribution in [3.05, 3.63) is 0 Å². The molecule has 0 saturated heterocycles. The Labute approximate surface area is 68.7 Å². The molecule has 2 atom stereocenters. The zero-order valence-electron chi connectivity index (χ0n) is 5.42. The van der Waals surface area contributed by atoms with Gasteiger partial charge >= 0.3 is 29.6 Å². The molecule has 0 rings (SSSR count). The van der Waals surface area contributed by atoms with Gasteiger partial charge in [-0.15, -0.1) is 0 Å². The Bertz CT molecular complexity index is 71.1. The van der Waals surface area contributed by atoms with Crippen LogP contribution in [0.5, 0.6) is 0 Å². The molecule has 0 fully saturated rings. The first kappa shape index (κ1) is 10.9. The summed E-state index contributed by atoms with van der Waals surface area (Å²) >= 11 is -1.84. The van der Waals surface area contributed by atoms with Gasteiger partial charge in [0.05, 0.1) is 0 Å². The monoisotopic (exact) mass is 133 g/mol. The molecule has 0 heterocycles. The van der Waals surface area contributed by atoms with Crippen molar-refractivity contribution in [1.29, 1.82) is 0 Å². The standard InChI is InChI=1S/C2H7NO2S.Na.H/c1-2(3)6(4)5;;/h2H,3H2,1H3,(H,4,5);;/q;+1;-1. The van der Waals surface area contributed by atoms with Crippen LogP contribution in [0.4, 0.5) is 0 Å². The van der Waals surface area contributed by atoms with Gasteiger partial charge in [0.15, 0.2) is 11.1 Å². The molecule has 7 heavy (non-hydrogen) atoms. The number of hydrogen-bond donors (Lipinski definition) is 2. The molecule has 0 aromatic heterocycles. The molecule has 0 aliphatic carbocycles. The van der Waals surface area contributed by atoms with Crippen LogP contribution in [0, 0.1) is 0 Å². The summed E-state index contributed by atoms with van der Waals surface area (Å²) in [5, 5.41) is -0.620. The summed E-state index contributed by atoms with van der Waals surface area (Å²) < 4.78 is 17.7. The molecule has 0 aromatic rings. The van der Waals surface area contributed by atoms with E-state index in [4.69, 9.17) is 10.3 Å². The molecule has 0 aliphatic rings. The third-order valence-corrected chi connectivity index (χ3v) is 0.954. The maximum Gasteiger partial charge on any atom is 1.00 e. The molecule has 0 bridgehead atoms. The van der Waals surface area contributed by atoms with Crippen LogP contribution in [0.25, 0.3) is 0 Å². The maximum atomic E-state index is 9.69. The zero-order chi connectivity index (χ0) is 5.15. The minimum absolute atomic E-state index is 0. The first-order valence-corrected chi connectivity index (χ1v) is 2.67. The summed E-state index contributed by atoms with van der Waals surface area (Å²) in [7, 11) is 0. The van der Waals surface area contributed by atoms with E-state index in [0.29, 0.717) is 0 Å². The van der Waals surface area contributed by atoms with Gasteiger partial charge in [0.1, 0.15) is 5.37 Å². The molecule has 3 N–H and O–H groups in total. The predicted octanol–water partition coefficient (Wildman–Crippen LogP) is -3.37. The normalized spacial score (nSPS) is 17.0. The summed E-state index contributed by atoms with van der Waals surface area (Å²) in [5.41, 5.74) is 4.89. The van der Waals surface area contributed by atoms with E-state index < -0.39 is 16.5 Å². The molecule has 0 aliphatic heterocycles. The molecule has 0 radical (unpaired) electrons. The van der Waals surface area contributed by atoms with E-state index in [1.165, 1.54) is 6.92 Å². The fourth-order valence-electron chi connectivity index (χ4n) is 0. The van der Waals surface area contributed by atoms with Crippen LogP contribution < -0.4 is 35.3 Å². The van der Waals surface area contributed by atoms with Crippen molar-refractivity contribution in [2.75, 3.05) is 0 Å². The fourth-order valence-corrected chi connectivity index (χ4v) is 0. The van der Waals surface area contributed by atoms with Crippen molar-refractivity contribution in [1.82, 2.24) is 0 Å². The summed E-state index contributed by atoms with van der Waals surface area (Å²) in [6.07, 6.45) is 0. The van der Waals surface area contributed by atoms with Gasteiger partial charge in [-0.2, -0.15) is 0 Å². The van der Waals surface area contributed by atoms with Gasteiger partial charge in [-0.3, -0.25) is 0 Å². The second-order valence-electron chi connectivity index (χ2n) is 0.981. The molecular weight excluding hydrogens is 125 g/mol. The van der Waals surface area contributed by atoms with Crippen LogP contribution >= 0.6 is 0 Å². The fraction of sp³-hybridized carbons (Fsp3) is 1.00. The smallest absolute Gasteiger partial charge is 1.00 e. The SMILES string of the molecule is CC(N)S(=O)O.[H-].[Na+]. The first-order valence-electron chi connectivity index (χ1n) is 1.50. The quantitative estimate of drug-likeness (QED) is 0.290. The van der Waals surface area contributed by atoms with Crippen LogP contribution in [0.15, 0.2) is 0 Å².